The average molecular weight is 433 g/mol. The molecule has 4 rings (SSSR count). The Hall–Kier alpha value is -2.95. The Morgan fingerprint density at radius 2 is 1.75 bits per heavy atom. The number of nitrogens with zero attached hydrogens (tertiary/aromatic N) is 4. The number of nitrogen functional groups attached to an aromatic ring is 1. The first kappa shape index (κ1) is 18.4. The van der Waals surface area contributed by atoms with Crippen LogP contribution in [-0.4, -0.2) is 28.2 Å². The van der Waals surface area contributed by atoms with Crippen LogP contribution in [0.3, 0.4) is 0 Å². The fourth-order valence-electron chi connectivity index (χ4n) is 2.40. The Morgan fingerprint density at radius 3 is 2.46 bits per heavy atom. The second-order valence-electron chi connectivity index (χ2n) is 5.65. The number of benzene rings is 2. The number of halogens is 1. The first-order valence-corrected chi connectivity index (χ1v) is 10.7. The predicted octanol–water partition coefficient (Wildman–Crippen LogP) is 3.43. The first-order chi connectivity index (χ1) is 13.4. The summed E-state index contributed by atoms with van der Waals surface area (Å²) >= 11 is 7.21. The van der Waals surface area contributed by atoms with E-state index >= 15 is 0 Å². The van der Waals surface area contributed by atoms with Crippen LogP contribution in [0, 0.1) is 0 Å². The number of thiazole rings is 1. The van der Waals surface area contributed by atoms with Gasteiger partial charge in [0.15, 0.2) is 0 Å². The van der Waals surface area contributed by atoms with Crippen molar-refractivity contribution < 1.29 is 8.42 Å². The molecule has 0 amide bonds. The number of anilines is 2. The third kappa shape index (κ3) is 3.70. The third-order valence-electron chi connectivity index (χ3n) is 3.72. The van der Waals surface area contributed by atoms with Gasteiger partial charge >= 0.3 is 0 Å². The molecule has 28 heavy (non-hydrogen) atoms. The van der Waals surface area contributed by atoms with Crippen molar-refractivity contribution in [3.05, 3.63) is 65.0 Å². The van der Waals surface area contributed by atoms with Crippen LogP contribution in [-0.2, 0) is 10.0 Å². The number of hydrogen-bond acceptors (Lipinski definition) is 7. The molecule has 0 atom stereocenters. The molecule has 11 heteroatoms. The van der Waals surface area contributed by atoms with E-state index in [0.29, 0.717) is 10.2 Å². The van der Waals surface area contributed by atoms with E-state index in [0.717, 1.165) is 11.3 Å². The molecule has 0 aliphatic heterocycles. The molecule has 0 saturated heterocycles. The molecule has 8 nitrogen and oxygen atoms in total. The van der Waals surface area contributed by atoms with Crippen molar-refractivity contribution >= 4 is 44.9 Å². The molecule has 0 bridgehead atoms. The van der Waals surface area contributed by atoms with E-state index in [1.165, 1.54) is 28.2 Å². The molecular formula is C17H13ClN6O2S2. The van der Waals surface area contributed by atoms with E-state index in [1.54, 1.807) is 30.3 Å². The molecule has 0 fully saturated rings. The van der Waals surface area contributed by atoms with Crippen molar-refractivity contribution in [1.82, 2.24) is 19.7 Å². The minimum atomic E-state index is -3.81. The smallest absolute Gasteiger partial charge is 0.264 e. The van der Waals surface area contributed by atoms with Gasteiger partial charge in [0.05, 0.1) is 10.6 Å². The monoisotopic (exact) mass is 432 g/mol. The van der Waals surface area contributed by atoms with Gasteiger partial charge < -0.3 is 5.73 Å². The molecule has 0 radical (unpaired) electrons. The van der Waals surface area contributed by atoms with Crippen LogP contribution in [0.15, 0.2) is 64.9 Å². The molecule has 4 aromatic rings. The first-order valence-electron chi connectivity index (χ1n) is 7.95. The Kier molecular flexibility index (Phi) is 4.75. The summed E-state index contributed by atoms with van der Waals surface area (Å²) < 4.78 is 28.4. The summed E-state index contributed by atoms with van der Waals surface area (Å²) in [5.74, 6) is -0.118. The second kappa shape index (κ2) is 7.23. The molecule has 0 saturated carbocycles. The van der Waals surface area contributed by atoms with E-state index in [9.17, 15) is 8.42 Å². The van der Waals surface area contributed by atoms with Gasteiger partial charge in [-0.25, -0.2) is 18.1 Å². The predicted molar refractivity (Wildman–Crippen MR) is 109 cm³/mol. The SMILES string of the molecule is Nc1nc(NS(=O)(=O)c2ccccc2)nn1-c1nc(-c2ccc(Cl)cc2)cs1. The number of hydrogen-bond donors (Lipinski definition) is 2. The molecule has 0 unspecified atom stereocenters. The second-order valence-corrected chi connectivity index (χ2v) is 8.60. The molecule has 2 heterocycles. The highest BCUT2D eigenvalue weighted by molar-refractivity contribution is 7.92. The number of sulfonamides is 1. The summed E-state index contributed by atoms with van der Waals surface area (Å²) in [6.45, 7) is 0. The summed E-state index contributed by atoms with van der Waals surface area (Å²) in [4.78, 5) is 8.57. The van der Waals surface area contributed by atoms with E-state index in [4.69, 9.17) is 17.3 Å². The lowest BCUT2D eigenvalue weighted by atomic mass is 10.2. The molecule has 2 aromatic heterocycles. The van der Waals surface area contributed by atoms with Gasteiger partial charge in [0.25, 0.3) is 16.0 Å². The van der Waals surface area contributed by atoms with Crippen molar-refractivity contribution in [3.8, 4) is 16.4 Å². The average Bonchev–Trinajstić information content (AvgIpc) is 3.29. The lowest BCUT2D eigenvalue weighted by Crippen LogP contribution is -2.14. The third-order valence-corrected chi connectivity index (χ3v) is 6.14. The molecule has 0 spiro atoms. The van der Waals surface area contributed by atoms with Gasteiger partial charge in [0, 0.05) is 16.0 Å². The van der Waals surface area contributed by atoms with E-state index in [1.807, 2.05) is 17.5 Å². The lowest BCUT2D eigenvalue weighted by Gasteiger charge is -2.03. The highest BCUT2D eigenvalue weighted by Gasteiger charge is 2.19. The Labute approximate surface area is 169 Å². The molecule has 0 aliphatic rings. The topological polar surface area (TPSA) is 116 Å². The summed E-state index contributed by atoms with van der Waals surface area (Å²) in [6.07, 6.45) is 0. The summed E-state index contributed by atoms with van der Waals surface area (Å²) in [5.41, 5.74) is 7.51. The standard InChI is InChI=1S/C17H13ClN6O2S2/c18-12-8-6-11(7-9-12)14-10-27-17(20-14)24-15(19)21-16(22-24)23-28(25,26)13-4-2-1-3-5-13/h1-10H,(H3,19,21,22,23). The summed E-state index contributed by atoms with van der Waals surface area (Å²) in [6, 6.07) is 15.2. The molecule has 3 N–H and O–H groups in total. The summed E-state index contributed by atoms with van der Waals surface area (Å²) in [7, 11) is -3.81. The van der Waals surface area contributed by atoms with Crippen LogP contribution in [0.25, 0.3) is 16.4 Å². The largest absolute Gasteiger partial charge is 0.368 e. The fourth-order valence-corrected chi connectivity index (χ4v) is 4.28. The van der Waals surface area contributed by atoms with Crippen molar-refractivity contribution in [3.63, 3.8) is 0 Å². The van der Waals surface area contributed by atoms with Crippen molar-refractivity contribution in [2.75, 3.05) is 10.5 Å². The van der Waals surface area contributed by atoms with Crippen molar-refractivity contribution in [2.24, 2.45) is 0 Å². The van der Waals surface area contributed by atoms with Crippen molar-refractivity contribution in [1.29, 1.82) is 0 Å². The molecular weight excluding hydrogens is 420 g/mol. The maximum atomic E-state index is 12.4. The van der Waals surface area contributed by atoms with Crippen LogP contribution in [0.4, 0.5) is 11.9 Å². The van der Waals surface area contributed by atoms with Crippen LogP contribution < -0.4 is 10.5 Å². The Bertz CT molecular complexity index is 1220. The Balaban J connectivity index is 1.61. The van der Waals surface area contributed by atoms with Gasteiger partial charge in [-0.3, -0.25) is 0 Å². The van der Waals surface area contributed by atoms with Gasteiger partial charge in [-0.2, -0.15) is 9.67 Å². The van der Waals surface area contributed by atoms with Crippen LogP contribution in [0.2, 0.25) is 5.02 Å². The number of nitrogens with two attached hydrogens (primary N) is 1. The zero-order valence-corrected chi connectivity index (χ0v) is 16.5. The zero-order chi connectivity index (χ0) is 19.7. The highest BCUT2D eigenvalue weighted by atomic mass is 35.5. The lowest BCUT2D eigenvalue weighted by molar-refractivity contribution is 0.600. The summed E-state index contributed by atoms with van der Waals surface area (Å²) in [5, 5.41) is 7.06. The fraction of sp³-hybridized carbons (Fsp3) is 0. The minimum Gasteiger partial charge on any atom is -0.368 e. The van der Waals surface area contributed by atoms with E-state index in [-0.39, 0.29) is 16.8 Å². The van der Waals surface area contributed by atoms with Gasteiger partial charge in [0.2, 0.25) is 11.1 Å². The van der Waals surface area contributed by atoms with Crippen LogP contribution >= 0.6 is 22.9 Å². The number of nitrogens with one attached hydrogen (secondary N) is 1. The van der Waals surface area contributed by atoms with Gasteiger partial charge in [-0.15, -0.1) is 16.4 Å². The Morgan fingerprint density at radius 1 is 1.04 bits per heavy atom. The zero-order valence-electron chi connectivity index (χ0n) is 14.2. The van der Waals surface area contributed by atoms with E-state index < -0.39 is 10.0 Å². The molecule has 2 aromatic carbocycles. The van der Waals surface area contributed by atoms with E-state index in [2.05, 4.69) is 19.8 Å². The van der Waals surface area contributed by atoms with Crippen LogP contribution in [0.1, 0.15) is 0 Å². The normalized spacial score (nSPS) is 11.5. The maximum Gasteiger partial charge on any atom is 0.264 e. The van der Waals surface area contributed by atoms with Gasteiger partial charge in [-0.05, 0) is 24.3 Å². The molecule has 142 valence electrons. The minimum absolute atomic E-state index is 0.0165. The number of rotatable bonds is 5. The van der Waals surface area contributed by atoms with Gasteiger partial charge in [-0.1, -0.05) is 41.9 Å². The quantitative estimate of drug-likeness (QED) is 0.499. The van der Waals surface area contributed by atoms with Gasteiger partial charge in [0.1, 0.15) is 0 Å². The highest BCUT2D eigenvalue weighted by Crippen LogP contribution is 2.26. The van der Waals surface area contributed by atoms with Crippen molar-refractivity contribution in [2.45, 2.75) is 4.90 Å². The number of aromatic nitrogens is 4. The maximum absolute atomic E-state index is 12.4. The van der Waals surface area contributed by atoms with Crippen LogP contribution in [0.5, 0.6) is 0 Å². The molecule has 0 aliphatic carbocycles.